The van der Waals surface area contributed by atoms with Gasteiger partial charge in [-0.3, -0.25) is 0 Å². The Bertz CT molecular complexity index is 531. The lowest BCUT2D eigenvalue weighted by Crippen LogP contribution is -2.30. The van der Waals surface area contributed by atoms with E-state index in [1.54, 1.807) is 0 Å². The number of hydrogen-bond acceptors (Lipinski definition) is 4. The zero-order valence-corrected chi connectivity index (χ0v) is 22.3. The molecule has 0 fully saturated rings. The molecular formula is C28H53N3O. The number of nitrogens with zero attached hydrogens (tertiary/aromatic N) is 2. The minimum absolute atomic E-state index is 0.496. The van der Waals surface area contributed by atoms with Gasteiger partial charge in [-0.1, -0.05) is 98.3 Å². The third kappa shape index (κ3) is 15.3. The van der Waals surface area contributed by atoms with Crippen LogP contribution in [0.1, 0.15) is 111 Å². The van der Waals surface area contributed by atoms with Crippen LogP contribution in [0.25, 0.3) is 0 Å². The number of nitrogens with one attached hydrogen (secondary N) is 1. The van der Waals surface area contributed by atoms with Crippen molar-refractivity contribution in [1.82, 2.24) is 4.90 Å². The zero-order valence-electron chi connectivity index (χ0n) is 22.3. The van der Waals surface area contributed by atoms with Crippen LogP contribution in [0.2, 0.25) is 0 Å². The Labute approximate surface area is 200 Å². The second-order valence-electron chi connectivity index (χ2n) is 9.03. The summed E-state index contributed by atoms with van der Waals surface area (Å²) >= 11 is 0. The lowest BCUT2D eigenvalue weighted by molar-refractivity contribution is -0.0979. The van der Waals surface area contributed by atoms with Crippen molar-refractivity contribution in [3.63, 3.8) is 0 Å². The highest BCUT2D eigenvalue weighted by molar-refractivity contribution is 5.46. The SMILES string of the molecule is C=O.CCC(C)c1ccccc1N=N.CCCCC(CC)CN(C)CC(CC)CCCC. The van der Waals surface area contributed by atoms with Crippen molar-refractivity contribution in [3.8, 4) is 0 Å². The molecule has 0 heterocycles. The van der Waals surface area contributed by atoms with Crippen LogP contribution in [-0.4, -0.2) is 31.8 Å². The normalized spacial score (nSPS) is 13.2. The van der Waals surface area contributed by atoms with Crippen LogP contribution in [0, 0.1) is 17.4 Å². The first-order valence-electron chi connectivity index (χ1n) is 12.9. The van der Waals surface area contributed by atoms with E-state index in [1.807, 2.05) is 31.1 Å². The fourth-order valence-electron chi connectivity index (χ4n) is 4.02. The van der Waals surface area contributed by atoms with Gasteiger partial charge in [-0.05, 0) is 55.7 Å². The Morgan fingerprint density at radius 3 is 1.72 bits per heavy atom. The standard InChI is InChI=1S/C17H37N.C10H14N2.CH2O/c1-6-10-12-16(8-3)14-18(5)15-17(9-4)13-11-7-2;1-3-8(2)9-6-4-5-7-10(9)12-11;1-2/h16-17H,6-15H2,1-5H3;4-8,11H,3H2,1-2H3;1H2. The molecule has 0 aliphatic heterocycles. The minimum Gasteiger partial charge on any atom is -0.307 e. The van der Waals surface area contributed by atoms with Gasteiger partial charge in [0, 0.05) is 13.1 Å². The van der Waals surface area contributed by atoms with Gasteiger partial charge >= 0.3 is 0 Å². The van der Waals surface area contributed by atoms with E-state index in [2.05, 4.69) is 58.6 Å². The molecule has 0 aliphatic rings. The molecule has 0 saturated heterocycles. The van der Waals surface area contributed by atoms with E-state index in [-0.39, 0.29) is 0 Å². The lowest BCUT2D eigenvalue weighted by atomic mass is 9.96. The third-order valence-corrected chi connectivity index (χ3v) is 6.43. The molecule has 0 radical (unpaired) electrons. The van der Waals surface area contributed by atoms with Crippen LogP contribution in [-0.2, 0) is 4.79 Å². The molecule has 4 heteroatoms. The van der Waals surface area contributed by atoms with E-state index >= 15 is 0 Å². The van der Waals surface area contributed by atoms with Crippen LogP contribution in [0.5, 0.6) is 0 Å². The molecule has 1 aromatic rings. The first-order chi connectivity index (χ1) is 15.5. The number of para-hydroxylation sites is 1. The topological polar surface area (TPSA) is 56.5 Å². The average molecular weight is 448 g/mol. The van der Waals surface area contributed by atoms with Crippen molar-refractivity contribution in [2.24, 2.45) is 17.0 Å². The van der Waals surface area contributed by atoms with Crippen LogP contribution >= 0.6 is 0 Å². The lowest BCUT2D eigenvalue weighted by Gasteiger charge is -2.27. The summed E-state index contributed by atoms with van der Waals surface area (Å²) in [6.45, 7) is 18.2. The molecule has 32 heavy (non-hydrogen) atoms. The molecule has 0 amide bonds. The molecule has 3 atom stereocenters. The molecule has 0 bridgehead atoms. The fraction of sp³-hybridized carbons (Fsp3) is 0.750. The molecule has 1 aromatic carbocycles. The predicted molar refractivity (Wildman–Crippen MR) is 141 cm³/mol. The minimum atomic E-state index is 0.496. The maximum absolute atomic E-state index is 8.00. The Morgan fingerprint density at radius 1 is 0.875 bits per heavy atom. The van der Waals surface area contributed by atoms with Crippen LogP contribution in [0.15, 0.2) is 29.4 Å². The monoisotopic (exact) mass is 447 g/mol. The summed E-state index contributed by atoms with van der Waals surface area (Å²) in [7, 11) is 2.32. The van der Waals surface area contributed by atoms with E-state index in [0.717, 1.165) is 23.9 Å². The first-order valence-corrected chi connectivity index (χ1v) is 12.9. The van der Waals surface area contributed by atoms with Gasteiger partial charge in [-0.2, -0.15) is 5.11 Å². The summed E-state index contributed by atoms with van der Waals surface area (Å²) in [5.74, 6) is 2.33. The average Bonchev–Trinajstić information content (AvgIpc) is 2.85. The molecule has 3 unspecified atom stereocenters. The van der Waals surface area contributed by atoms with E-state index in [1.165, 1.54) is 70.0 Å². The van der Waals surface area contributed by atoms with Gasteiger partial charge in [0.15, 0.2) is 0 Å². The number of rotatable bonds is 15. The van der Waals surface area contributed by atoms with Crippen molar-refractivity contribution in [3.05, 3.63) is 29.8 Å². The van der Waals surface area contributed by atoms with Gasteiger partial charge in [-0.15, -0.1) is 0 Å². The second-order valence-corrected chi connectivity index (χ2v) is 9.03. The highest BCUT2D eigenvalue weighted by Crippen LogP contribution is 2.28. The Hall–Kier alpha value is -1.55. The highest BCUT2D eigenvalue weighted by Gasteiger charge is 2.13. The molecule has 0 aliphatic carbocycles. The van der Waals surface area contributed by atoms with Gasteiger partial charge in [0.25, 0.3) is 0 Å². The zero-order chi connectivity index (χ0) is 24.8. The summed E-state index contributed by atoms with van der Waals surface area (Å²) in [5, 5.41) is 3.49. The van der Waals surface area contributed by atoms with Gasteiger partial charge in [0.1, 0.15) is 6.79 Å². The molecule has 0 saturated carbocycles. The third-order valence-electron chi connectivity index (χ3n) is 6.43. The number of benzene rings is 1. The molecule has 4 nitrogen and oxygen atoms in total. The summed E-state index contributed by atoms with van der Waals surface area (Å²) in [5.41, 5.74) is 8.95. The summed E-state index contributed by atoms with van der Waals surface area (Å²) in [6, 6.07) is 7.84. The summed E-state index contributed by atoms with van der Waals surface area (Å²) in [4.78, 5) is 10.6. The Morgan fingerprint density at radius 2 is 1.34 bits per heavy atom. The van der Waals surface area contributed by atoms with Crippen molar-refractivity contribution < 1.29 is 4.79 Å². The van der Waals surface area contributed by atoms with Gasteiger partial charge in [-0.25, -0.2) is 5.53 Å². The summed E-state index contributed by atoms with van der Waals surface area (Å²) in [6.07, 6.45) is 12.1. The number of carbonyl (C=O) groups is 1. The van der Waals surface area contributed by atoms with E-state index in [0.29, 0.717) is 5.92 Å². The fourth-order valence-corrected chi connectivity index (χ4v) is 4.02. The van der Waals surface area contributed by atoms with Crippen LogP contribution in [0.3, 0.4) is 0 Å². The number of hydrogen-bond donors (Lipinski definition) is 1. The molecule has 0 aromatic heterocycles. The summed E-state index contributed by atoms with van der Waals surface area (Å²) < 4.78 is 0. The van der Waals surface area contributed by atoms with Crippen LogP contribution in [0.4, 0.5) is 5.69 Å². The molecule has 1 N–H and O–H groups in total. The molecule has 0 spiro atoms. The smallest absolute Gasteiger partial charge is 0.106 e. The number of unbranched alkanes of at least 4 members (excludes halogenated alkanes) is 2. The predicted octanol–water partition coefficient (Wildman–Crippen LogP) is 9.03. The maximum Gasteiger partial charge on any atom is 0.106 e. The van der Waals surface area contributed by atoms with Crippen molar-refractivity contribution >= 4 is 12.5 Å². The van der Waals surface area contributed by atoms with Gasteiger partial charge in [0.2, 0.25) is 0 Å². The van der Waals surface area contributed by atoms with E-state index in [4.69, 9.17) is 10.3 Å². The Balaban J connectivity index is 0. The Kier molecular flexibility index (Phi) is 23.1. The van der Waals surface area contributed by atoms with E-state index < -0.39 is 0 Å². The number of carbonyl (C=O) groups excluding carboxylic acids is 1. The highest BCUT2D eigenvalue weighted by atomic mass is 16.1. The maximum atomic E-state index is 8.00. The second kappa shape index (κ2) is 22.6. The van der Waals surface area contributed by atoms with Gasteiger partial charge < -0.3 is 9.69 Å². The molecular weight excluding hydrogens is 394 g/mol. The molecule has 1 rings (SSSR count). The molecule has 186 valence electrons. The van der Waals surface area contributed by atoms with Crippen molar-refractivity contribution in [1.29, 1.82) is 5.53 Å². The van der Waals surface area contributed by atoms with Crippen LogP contribution < -0.4 is 0 Å². The van der Waals surface area contributed by atoms with Crippen molar-refractivity contribution in [2.75, 3.05) is 20.1 Å². The van der Waals surface area contributed by atoms with Gasteiger partial charge in [0.05, 0.1) is 5.69 Å². The van der Waals surface area contributed by atoms with E-state index in [9.17, 15) is 0 Å². The largest absolute Gasteiger partial charge is 0.307 e. The van der Waals surface area contributed by atoms with Crippen molar-refractivity contribution in [2.45, 2.75) is 105 Å². The first kappa shape index (κ1) is 32.6. The quantitative estimate of drug-likeness (QED) is 0.273.